The van der Waals surface area contributed by atoms with Crippen molar-refractivity contribution in [2.75, 3.05) is 0 Å². The SMILES string of the molecule is FC(F)(F)c1cc(CCl)ccc1-n1ccnc1. The van der Waals surface area contributed by atoms with Crippen molar-refractivity contribution < 1.29 is 13.2 Å². The highest BCUT2D eigenvalue weighted by atomic mass is 35.5. The van der Waals surface area contributed by atoms with Gasteiger partial charge in [0, 0.05) is 18.3 Å². The van der Waals surface area contributed by atoms with E-state index in [0.29, 0.717) is 5.56 Å². The first-order valence-corrected chi connectivity index (χ1v) is 5.30. The Morgan fingerprint density at radius 1 is 1.29 bits per heavy atom. The first-order chi connectivity index (χ1) is 8.02. The average Bonchev–Trinajstić information content (AvgIpc) is 2.80. The van der Waals surface area contributed by atoms with Crippen LogP contribution in [0.3, 0.4) is 0 Å². The zero-order valence-corrected chi connectivity index (χ0v) is 9.33. The highest BCUT2D eigenvalue weighted by Crippen LogP contribution is 2.34. The smallest absolute Gasteiger partial charge is 0.306 e. The lowest BCUT2D eigenvalue weighted by Crippen LogP contribution is -2.10. The average molecular weight is 261 g/mol. The zero-order chi connectivity index (χ0) is 12.5. The summed E-state index contributed by atoms with van der Waals surface area (Å²) in [6, 6.07) is 4.02. The van der Waals surface area contributed by atoms with Crippen molar-refractivity contribution in [3.8, 4) is 5.69 Å². The van der Waals surface area contributed by atoms with Crippen LogP contribution < -0.4 is 0 Å². The molecule has 1 aromatic carbocycles. The summed E-state index contributed by atoms with van der Waals surface area (Å²) in [5.74, 6) is 0.0489. The van der Waals surface area contributed by atoms with Gasteiger partial charge in [-0.15, -0.1) is 11.6 Å². The van der Waals surface area contributed by atoms with Crippen LogP contribution in [-0.4, -0.2) is 9.55 Å². The summed E-state index contributed by atoms with van der Waals surface area (Å²) < 4.78 is 40.0. The second-order valence-corrected chi connectivity index (χ2v) is 3.72. The highest BCUT2D eigenvalue weighted by molar-refractivity contribution is 6.17. The Hall–Kier alpha value is -1.49. The molecule has 2 rings (SSSR count). The summed E-state index contributed by atoms with van der Waals surface area (Å²) in [5, 5.41) is 0. The molecule has 0 atom stereocenters. The Bertz CT molecular complexity index is 506. The Labute approximate surface area is 101 Å². The summed E-state index contributed by atoms with van der Waals surface area (Å²) in [4.78, 5) is 3.73. The molecule has 0 saturated heterocycles. The van der Waals surface area contributed by atoms with Gasteiger partial charge < -0.3 is 4.57 Å². The molecule has 0 fully saturated rings. The van der Waals surface area contributed by atoms with Crippen LogP contribution in [0.1, 0.15) is 11.1 Å². The van der Waals surface area contributed by atoms with Crippen LogP contribution in [0.25, 0.3) is 5.69 Å². The van der Waals surface area contributed by atoms with Gasteiger partial charge in [0.2, 0.25) is 0 Å². The molecule has 0 amide bonds. The van der Waals surface area contributed by atoms with Gasteiger partial charge in [0.25, 0.3) is 0 Å². The van der Waals surface area contributed by atoms with Crippen molar-refractivity contribution in [3.05, 3.63) is 48.0 Å². The standard InChI is InChI=1S/C11H8ClF3N2/c12-6-8-1-2-10(17-4-3-16-7-17)9(5-8)11(13,14)15/h1-5,7H,6H2. The van der Waals surface area contributed by atoms with E-state index in [4.69, 9.17) is 11.6 Å². The molecule has 0 N–H and O–H groups in total. The molecule has 0 aliphatic rings. The molecule has 0 spiro atoms. The van der Waals surface area contributed by atoms with Gasteiger partial charge in [-0.1, -0.05) is 6.07 Å². The van der Waals surface area contributed by atoms with E-state index in [-0.39, 0.29) is 11.6 Å². The van der Waals surface area contributed by atoms with E-state index >= 15 is 0 Å². The van der Waals surface area contributed by atoms with Crippen LogP contribution in [0, 0.1) is 0 Å². The molecule has 90 valence electrons. The van der Waals surface area contributed by atoms with E-state index in [1.807, 2.05) is 0 Å². The Kier molecular flexibility index (Phi) is 3.11. The van der Waals surface area contributed by atoms with Gasteiger partial charge >= 0.3 is 6.18 Å². The fourth-order valence-electron chi connectivity index (χ4n) is 1.52. The van der Waals surface area contributed by atoms with Gasteiger partial charge in [-0.3, -0.25) is 0 Å². The van der Waals surface area contributed by atoms with E-state index < -0.39 is 11.7 Å². The molecule has 1 heterocycles. The number of nitrogens with zero attached hydrogens (tertiary/aromatic N) is 2. The molecular weight excluding hydrogens is 253 g/mol. The van der Waals surface area contributed by atoms with Crippen molar-refractivity contribution in [2.45, 2.75) is 12.1 Å². The van der Waals surface area contributed by atoms with Crippen LogP contribution in [0.2, 0.25) is 0 Å². The first kappa shape index (κ1) is 12.0. The number of imidazole rings is 1. The minimum atomic E-state index is -4.42. The fourth-order valence-corrected chi connectivity index (χ4v) is 1.69. The van der Waals surface area contributed by atoms with Crippen LogP contribution in [0.15, 0.2) is 36.9 Å². The lowest BCUT2D eigenvalue weighted by Gasteiger charge is -2.14. The van der Waals surface area contributed by atoms with Crippen molar-refractivity contribution >= 4 is 11.6 Å². The Balaban J connectivity index is 2.59. The van der Waals surface area contributed by atoms with Crippen molar-refractivity contribution in [1.29, 1.82) is 0 Å². The fraction of sp³-hybridized carbons (Fsp3) is 0.182. The molecular formula is C11H8ClF3N2. The molecule has 6 heteroatoms. The maximum atomic E-state index is 12.9. The number of rotatable bonds is 2. The quantitative estimate of drug-likeness (QED) is 0.754. The van der Waals surface area contributed by atoms with E-state index in [1.54, 1.807) is 6.07 Å². The maximum Gasteiger partial charge on any atom is 0.418 e. The molecule has 2 nitrogen and oxygen atoms in total. The van der Waals surface area contributed by atoms with Crippen LogP contribution in [0.4, 0.5) is 13.2 Å². The molecule has 0 saturated carbocycles. The Morgan fingerprint density at radius 3 is 2.59 bits per heavy atom. The highest BCUT2D eigenvalue weighted by Gasteiger charge is 2.34. The molecule has 0 aliphatic carbocycles. The lowest BCUT2D eigenvalue weighted by atomic mass is 10.1. The minimum absolute atomic E-state index is 0.0452. The summed E-state index contributed by atoms with van der Waals surface area (Å²) in [6.07, 6.45) is -0.201. The largest absolute Gasteiger partial charge is 0.418 e. The molecule has 0 radical (unpaired) electrons. The van der Waals surface area contributed by atoms with Crippen LogP contribution in [-0.2, 0) is 12.1 Å². The topological polar surface area (TPSA) is 17.8 Å². The number of hydrogen-bond donors (Lipinski definition) is 0. The second kappa shape index (κ2) is 4.41. The van der Waals surface area contributed by atoms with E-state index in [9.17, 15) is 13.2 Å². The third-order valence-corrected chi connectivity index (χ3v) is 2.61. The summed E-state index contributed by atoms with van der Waals surface area (Å²) in [7, 11) is 0. The molecule has 17 heavy (non-hydrogen) atoms. The van der Waals surface area contributed by atoms with Crippen molar-refractivity contribution in [3.63, 3.8) is 0 Å². The van der Waals surface area contributed by atoms with Gasteiger partial charge in [0.05, 0.1) is 17.6 Å². The third kappa shape index (κ3) is 2.44. The second-order valence-electron chi connectivity index (χ2n) is 3.45. The van der Waals surface area contributed by atoms with Gasteiger partial charge in [-0.05, 0) is 17.7 Å². The van der Waals surface area contributed by atoms with Crippen molar-refractivity contribution in [2.24, 2.45) is 0 Å². The minimum Gasteiger partial charge on any atom is -0.306 e. The number of hydrogen-bond acceptors (Lipinski definition) is 1. The van der Waals surface area contributed by atoms with E-state index in [2.05, 4.69) is 4.98 Å². The zero-order valence-electron chi connectivity index (χ0n) is 8.58. The van der Waals surface area contributed by atoms with Gasteiger partial charge in [-0.25, -0.2) is 4.98 Å². The summed E-state index contributed by atoms with van der Waals surface area (Å²) >= 11 is 5.54. The van der Waals surface area contributed by atoms with Crippen molar-refractivity contribution in [1.82, 2.24) is 9.55 Å². The lowest BCUT2D eigenvalue weighted by molar-refractivity contribution is -0.137. The molecule has 0 bridgehead atoms. The first-order valence-electron chi connectivity index (χ1n) is 4.77. The predicted molar refractivity (Wildman–Crippen MR) is 58.1 cm³/mol. The number of alkyl halides is 4. The van der Waals surface area contributed by atoms with Gasteiger partial charge in [0.1, 0.15) is 0 Å². The number of benzene rings is 1. The Morgan fingerprint density at radius 2 is 2.06 bits per heavy atom. The monoisotopic (exact) mass is 260 g/mol. The summed E-state index contributed by atoms with van der Waals surface area (Å²) in [6.45, 7) is 0. The van der Waals surface area contributed by atoms with Gasteiger partial charge in [0.15, 0.2) is 0 Å². The molecule has 2 aromatic rings. The maximum absolute atomic E-state index is 12.9. The number of halogens is 4. The predicted octanol–water partition coefficient (Wildman–Crippen LogP) is 3.63. The number of aromatic nitrogens is 2. The summed E-state index contributed by atoms with van der Waals surface area (Å²) in [5.41, 5.74) is -0.236. The molecule has 1 aromatic heterocycles. The van der Waals surface area contributed by atoms with E-state index in [0.717, 1.165) is 6.07 Å². The molecule has 0 unspecified atom stereocenters. The van der Waals surface area contributed by atoms with Crippen LogP contribution >= 0.6 is 11.6 Å². The third-order valence-electron chi connectivity index (χ3n) is 2.30. The normalized spacial score (nSPS) is 11.8. The van der Waals surface area contributed by atoms with Gasteiger partial charge in [-0.2, -0.15) is 13.2 Å². The molecule has 0 aliphatic heterocycles. The van der Waals surface area contributed by atoms with Crippen LogP contribution in [0.5, 0.6) is 0 Å². The van der Waals surface area contributed by atoms with E-state index in [1.165, 1.54) is 29.4 Å².